The summed E-state index contributed by atoms with van der Waals surface area (Å²) >= 11 is 0. The highest BCUT2D eigenvalue weighted by atomic mass is 16.5. The van der Waals surface area contributed by atoms with Gasteiger partial charge in [-0.25, -0.2) is 5.43 Å². The Kier molecular flexibility index (Phi) is 6.96. The summed E-state index contributed by atoms with van der Waals surface area (Å²) < 4.78 is 5.76. The van der Waals surface area contributed by atoms with Crippen LogP contribution in [-0.2, 0) is 4.79 Å². The molecule has 0 heterocycles. The van der Waals surface area contributed by atoms with Crippen molar-refractivity contribution >= 4 is 11.6 Å². The molecular weight excluding hydrogens is 324 g/mol. The topological polar surface area (TPSA) is 50.7 Å². The molecule has 2 aromatic carbocycles. The van der Waals surface area contributed by atoms with Crippen molar-refractivity contribution in [3.8, 4) is 5.75 Å². The lowest BCUT2D eigenvalue weighted by Crippen LogP contribution is -2.27. The van der Waals surface area contributed by atoms with Crippen LogP contribution in [0.4, 0.5) is 0 Å². The molecule has 4 heteroatoms. The highest BCUT2D eigenvalue weighted by molar-refractivity contribution is 6.02. The molecule has 138 valence electrons. The summed E-state index contributed by atoms with van der Waals surface area (Å²) in [6.07, 6.45) is 0. The summed E-state index contributed by atoms with van der Waals surface area (Å²) in [5, 5.41) is 4.32. The lowest BCUT2D eigenvalue weighted by molar-refractivity contribution is -0.123. The summed E-state index contributed by atoms with van der Waals surface area (Å²) in [6.45, 7) is 10.3. The number of ether oxygens (including phenoxy) is 1. The minimum absolute atomic E-state index is 0.0627. The number of amides is 1. The van der Waals surface area contributed by atoms with E-state index in [4.69, 9.17) is 4.74 Å². The third kappa shape index (κ3) is 5.45. The minimum Gasteiger partial charge on any atom is -0.483 e. The molecule has 0 atom stereocenters. The largest absolute Gasteiger partial charge is 0.483 e. The van der Waals surface area contributed by atoms with Crippen LogP contribution >= 0.6 is 0 Å². The van der Waals surface area contributed by atoms with Crippen LogP contribution in [0.3, 0.4) is 0 Å². The number of hydrazone groups is 1. The zero-order chi connectivity index (χ0) is 19.1. The molecular formula is C22H28N2O2. The van der Waals surface area contributed by atoms with E-state index in [1.807, 2.05) is 43.3 Å². The van der Waals surface area contributed by atoms with E-state index in [2.05, 4.69) is 50.4 Å². The van der Waals surface area contributed by atoms with E-state index >= 15 is 0 Å². The highest BCUT2D eigenvalue weighted by Gasteiger charge is 2.12. The molecule has 2 aromatic rings. The van der Waals surface area contributed by atoms with E-state index in [-0.39, 0.29) is 18.4 Å². The molecule has 0 unspecified atom stereocenters. The van der Waals surface area contributed by atoms with Gasteiger partial charge in [0.2, 0.25) is 0 Å². The molecule has 4 nitrogen and oxygen atoms in total. The van der Waals surface area contributed by atoms with Gasteiger partial charge < -0.3 is 4.74 Å². The van der Waals surface area contributed by atoms with Gasteiger partial charge in [-0.2, -0.15) is 5.10 Å². The standard InChI is InChI=1S/C22H28N2O2/c1-15(2)19-12-11-17(5)13-20(19)26-14-21(25)23-24-22(16(3)4)18-9-7-6-8-10-18/h6-13,15-16H,14H2,1-5H3,(H,23,25)/b24-22+. The number of carbonyl (C=O) groups is 1. The van der Waals surface area contributed by atoms with Gasteiger partial charge in [-0.1, -0.05) is 70.2 Å². The molecule has 0 aliphatic heterocycles. The fourth-order valence-corrected chi connectivity index (χ4v) is 2.68. The molecule has 0 aliphatic carbocycles. The first-order valence-corrected chi connectivity index (χ1v) is 9.03. The Hall–Kier alpha value is -2.62. The number of benzene rings is 2. The van der Waals surface area contributed by atoms with Crippen LogP contribution in [0.15, 0.2) is 53.6 Å². The summed E-state index contributed by atoms with van der Waals surface area (Å²) in [4.78, 5) is 12.2. The van der Waals surface area contributed by atoms with Gasteiger partial charge in [0.05, 0.1) is 5.71 Å². The molecule has 0 fully saturated rings. The average molecular weight is 352 g/mol. The molecule has 1 N–H and O–H groups in total. The van der Waals surface area contributed by atoms with Crippen molar-refractivity contribution in [1.82, 2.24) is 5.43 Å². The van der Waals surface area contributed by atoms with Crippen molar-refractivity contribution in [1.29, 1.82) is 0 Å². The zero-order valence-corrected chi connectivity index (χ0v) is 16.2. The lowest BCUT2D eigenvalue weighted by Gasteiger charge is -2.15. The Labute approximate surface area is 156 Å². The average Bonchev–Trinajstić information content (AvgIpc) is 2.60. The molecule has 2 rings (SSSR count). The quantitative estimate of drug-likeness (QED) is 0.581. The first-order valence-electron chi connectivity index (χ1n) is 9.03. The number of nitrogens with one attached hydrogen (secondary N) is 1. The first kappa shape index (κ1) is 19.7. The number of hydrogen-bond donors (Lipinski definition) is 1. The Morgan fingerprint density at radius 3 is 2.38 bits per heavy atom. The third-order valence-electron chi connectivity index (χ3n) is 4.07. The van der Waals surface area contributed by atoms with E-state index in [0.29, 0.717) is 5.92 Å². The Bertz CT molecular complexity index is 765. The van der Waals surface area contributed by atoms with Gasteiger partial charge in [-0.15, -0.1) is 0 Å². The minimum atomic E-state index is -0.268. The second-order valence-corrected chi connectivity index (χ2v) is 7.04. The van der Waals surface area contributed by atoms with Gasteiger partial charge in [0.15, 0.2) is 6.61 Å². The van der Waals surface area contributed by atoms with Crippen molar-refractivity contribution in [3.05, 3.63) is 65.2 Å². The van der Waals surface area contributed by atoms with E-state index in [1.54, 1.807) is 0 Å². The van der Waals surface area contributed by atoms with Crippen LogP contribution < -0.4 is 10.2 Å². The van der Waals surface area contributed by atoms with Crippen molar-refractivity contribution in [2.24, 2.45) is 11.0 Å². The van der Waals surface area contributed by atoms with Crippen molar-refractivity contribution in [2.45, 2.75) is 40.5 Å². The van der Waals surface area contributed by atoms with E-state index in [0.717, 1.165) is 28.2 Å². The molecule has 0 aliphatic rings. The van der Waals surface area contributed by atoms with Crippen molar-refractivity contribution in [3.63, 3.8) is 0 Å². The van der Waals surface area contributed by atoms with E-state index in [9.17, 15) is 4.79 Å². The van der Waals surface area contributed by atoms with Crippen LogP contribution in [0, 0.1) is 12.8 Å². The molecule has 0 spiro atoms. The van der Waals surface area contributed by atoms with Gasteiger partial charge in [0, 0.05) is 0 Å². The second kappa shape index (κ2) is 9.18. The van der Waals surface area contributed by atoms with Crippen LogP contribution in [0.25, 0.3) is 0 Å². The summed E-state index contributed by atoms with van der Waals surface area (Å²) in [7, 11) is 0. The molecule has 0 radical (unpaired) electrons. The van der Waals surface area contributed by atoms with Gasteiger partial charge in [0.1, 0.15) is 5.75 Å². The molecule has 0 aromatic heterocycles. The Morgan fingerprint density at radius 2 is 1.77 bits per heavy atom. The number of carbonyl (C=O) groups excluding carboxylic acids is 1. The van der Waals surface area contributed by atoms with Gasteiger partial charge in [-0.05, 0) is 41.5 Å². The SMILES string of the molecule is Cc1ccc(C(C)C)c(OCC(=O)N/N=C(/c2ccccc2)C(C)C)c1. The Morgan fingerprint density at radius 1 is 1.08 bits per heavy atom. The van der Waals surface area contributed by atoms with Crippen LogP contribution in [0.5, 0.6) is 5.75 Å². The lowest BCUT2D eigenvalue weighted by atomic mass is 10.0. The maximum atomic E-state index is 12.2. The van der Waals surface area contributed by atoms with E-state index in [1.165, 1.54) is 0 Å². The summed E-state index contributed by atoms with van der Waals surface area (Å²) in [5.41, 5.74) is 6.67. The van der Waals surface area contributed by atoms with Crippen molar-refractivity contribution in [2.75, 3.05) is 6.61 Å². The fraction of sp³-hybridized carbons (Fsp3) is 0.364. The highest BCUT2D eigenvalue weighted by Crippen LogP contribution is 2.27. The van der Waals surface area contributed by atoms with Crippen LogP contribution in [0.2, 0.25) is 0 Å². The first-order chi connectivity index (χ1) is 12.4. The maximum Gasteiger partial charge on any atom is 0.277 e. The van der Waals surface area contributed by atoms with Crippen molar-refractivity contribution < 1.29 is 9.53 Å². The predicted octanol–water partition coefficient (Wildman–Crippen LogP) is 4.67. The molecule has 0 saturated heterocycles. The van der Waals surface area contributed by atoms with Gasteiger partial charge in [-0.3, -0.25) is 4.79 Å². The molecule has 0 bridgehead atoms. The molecule has 26 heavy (non-hydrogen) atoms. The smallest absolute Gasteiger partial charge is 0.277 e. The van der Waals surface area contributed by atoms with Gasteiger partial charge in [0.25, 0.3) is 5.91 Å². The number of nitrogens with zero attached hydrogens (tertiary/aromatic N) is 1. The second-order valence-electron chi connectivity index (χ2n) is 7.04. The zero-order valence-electron chi connectivity index (χ0n) is 16.2. The molecule has 0 saturated carbocycles. The van der Waals surface area contributed by atoms with Crippen LogP contribution in [-0.4, -0.2) is 18.2 Å². The normalized spacial score (nSPS) is 11.7. The number of hydrogen-bond acceptors (Lipinski definition) is 3. The molecule has 1 amide bonds. The Balaban J connectivity index is 2.04. The monoisotopic (exact) mass is 352 g/mol. The fourth-order valence-electron chi connectivity index (χ4n) is 2.68. The maximum absolute atomic E-state index is 12.2. The van der Waals surface area contributed by atoms with Gasteiger partial charge >= 0.3 is 0 Å². The number of rotatable bonds is 7. The predicted molar refractivity (Wildman–Crippen MR) is 107 cm³/mol. The number of aryl methyl sites for hydroxylation is 1. The summed E-state index contributed by atoms with van der Waals surface area (Å²) in [5.74, 6) is 1.02. The van der Waals surface area contributed by atoms with E-state index < -0.39 is 0 Å². The summed E-state index contributed by atoms with van der Waals surface area (Å²) in [6, 6.07) is 15.9. The van der Waals surface area contributed by atoms with Crippen LogP contribution in [0.1, 0.15) is 50.3 Å². The third-order valence-corrected chi connectivity index (χ3v) is 4.07.